The number of alkyl halides is 3. The molecule has 0 aliphatic heterocycles. The average molecular weight is 298 g/mol. The Balaban J connectivity index is 0.00000324. The Kier molecular flexibility index (Phi) is 6.32. The van der Waals surface area contributed by atoms with E-state index < -0.39 is 24.3 Å². The first kappa shape index (κ1) is 17.7. The van der Waals surface area contributed by atoms with Gasteiger partial charge in [-0.05, 0) is 12.5 Å². The Morgan fingerprint density at radius 1 is 1.26 bits per heavy atom. The Morgan fingerprint density at radius 3 is 2.26 bits per heavy atom. The van der Waals surface area contributed by atoms with Crippen LogP contribution in [0.4, 0.5) is 13.2 Å². The standard InChI is InChI=1S/C12H14F3NO2.ClH/c1-11(16,7-9-5-3-2-4-6-9)10(17)18-8-12(13,14)15;/h2-6H,7-8,16H2,1H3;1H/t11-;/m0./s1. The predicted octanol–water partition coefficient (Wildman–Crippen LogP) is 2.47. The van der Waals surface area contributed by atoms with Gasteiger partial charge in [-0.15, -0.1) is 12.4 Å². The number of halogens is 4. The summed E-state index contributed by atoms with van der Waals surface area (Å²) in [6, 6.07) is 8.78. The molecule has 0 aromatic heterocycles. The highest BCUT2D eigenvalue weighted by Gasteiger charge is 2.35. The lowest BCUT2D eigenvalue weighted by molar-refractivity contribution is -0.189. The minimum atomic E-state index is -4.54. The molecule has 0 heterocycles. The Hall–Kier alpha value is -1.27. The molecule has 0 aliphatic carbocycles. The van der Waals surface area contributed by atoms with Gasteiger partial charge in [-0.1, -0.05) is 30.3 Å². The van der Waals surface area contributed by atoms with Crippen molar-refractivity contribution in [2.24, 2.45) is 5.73 Å². The second kappa shape index (κ2) is 6.77. The monoisotopic (exact) mass is 297 g/mol. The normalized spacial score (nSPS) is 14.2. The van der Waals surface area contributed by atoms with Gasteiger partial charge in [0.05, 0.1) is 0 Å². The second-order valence-corrected chi connectivity index (χ2v) is 4.27. The number of esters is 1. The third kappa shape index (κ3) is 6.45. The summed E-state index contributed by atoms with van der Waals surface area (Å²) < 4.78 is 39.9. The minimum Gasteiger partial charge on any atom is -0.455 e. The van der Waals surface area contributed by atoms with Crippen LogP contribution >= 0.6 is 12.4 Å². The molecule has 3 nitrogen and oxygen atoms in total. The molecule has 0 saturated heterocycles. The quantitative estimate of drug-likeness (QED) is 0.869. The van der Waals surface area contributed by atoms with Crippen molar-refractivity contribution in [2.75, 3.05) is 6.61 Å². The summed E-state index contributed by atoms with van der Waals surface area (Å²) >= 11 is 0. The fourth-order valence-electron chi connectivity index (χ4n) is 1.40. The Bertz CT molecular complexity index is 407. The molecule has 2 N–H and O–H groups in total. The molecule has 108 valence electrons. The molecule has 0 aliphatic rings. The maximum atomic E-state index is 11.9. The summed E-state index contributed by atoms with van der Waals surface area (Å²) in [6.07, 6.45) is -4.43. The third-order valence-electron chi connectivity index (χ3n) is 2.25. The molecule has 0 saturated carbocycles. The van der Waals surface area contributed by atoms with Gasteiger partial charge in [-0.2, -0.15) is 13.2 Å². The number of ether oxygens (including phenoxy) is 1. The molecule has 0 fully saturated rings. The van der Waals surface area contributed by atoms with Crippen LogP contribution in [0.15, 0.2) is 30.3 Å². The zero-order valence-corrected chi connectivity index (χ0v) is 11.1. The molecule has 1 aromatic carbocycles. The third-order valence-corrected chi connectivity index (χ3v) is 2.25. The van der Waals surface area contributed by atoms with Crippen molar-refractivity contribution in [1.82, 2.24) is 0 Å². The summed E-state index contributed by atoms with van der Waals surface area (Å²) in [5.41, 5.74) is 4.96. The largest absolute Gasteiger partial charge is 0.455 e. The van der Waals surface area contributed by atoms with Crippen LogP contribution in [-0.4, -0.2) is 24.3 Å². The molecule has 0 spiro atoms. The average Bonchev–Trinajstić information content (AvgIpc) is 2.25. The highest BCUT2D eigenvalue weighted by Crippen LogP contribution is 2.17. The van der Waals surface area contributed by atoms with E-state index in [0.717, 1.165) is 5.56 Å². The van der Waals surface area contributed by atoms with Crippen molar-refractivity contribution in [3.05, 3.63) is 35.9 Å². The molecule has 19 heavy (non-hydrogen) atoms. The minimum absolute atomic E-state index is 0. The van der Waals surface area contributed by atoms with Crippen molar-refractivity contribution < 1.29 is 22.7 Å². The van der Waals surface area contributed by atoms with E-state index >= 15 is 0 Å². The van der Waals surface area contributed by atoms with Crippen LogP contribution in [0.5, 0.6) is 0 Å². The molecule has 1 rings (SSSR count). The summed E-state index contributed by atoms with van der Waals surface area (Å²) in [5, 5.41) is 0. The number of hydrogen-bond donors (Lipinski definition) is 1. The van der Waals surface area contributed by atoms with E-state index in [1.165, 1.54) is 6.92 Å². The van der Waals surface area contributed by atoms with Crippen LogP contribution in [-0.2, 0) is 16.0 Å². The molecule has 1 aromatic rings. The van der Waals surface area contributed by atoms with Crippen LogP contribution in [0.1, 0.15) is 12.5 Å². The first-order chi connectivity index (χ1) is 8.21. The molecular weight excluding hydrogens is 283 g/mol. The first-order valence-electron chi connectivity index (χ1n) is 5.27. The fraction of sp³-hybridized carbons (Fsp3) is 0.417. The van der Waals surface area contributed by atoms with Crippen molar-refractivity contribution in [2.45, 2.75) is 25.1 Å². The summed E-state index contributed by atoms with van der Waals surface area (Å²) in [5.74, 6) is -1.07. The van der Waals surface area contributed by atoms with Crippen molar-refractivity contribution in [1.29, 1.82) is 0 Å². The van der Waals surface area contributed by atoms with Crippen LogP contribution in [0.2, 0.25) is 0 Å². The van der Waals surface area contributed by atoms with Crippen LogP contribution in [0.3, 0.4) is 0 Å². The van der Waals surface area contributed by atoms with E-state index in [1.807, 2.05) is 0 Å². The lowest BCUT2D eigenvalue weighted by Gasteiger charge is -2.23. The van der Waals surface area contributed by atoms with Gasteiger partial charge >= 0.3 is 12.1 Å². The summed E-state index contributed by atoms with van der Waals surface area (Å²) in [4.78, 5) is 11.5. The molecule has 0 radical (unpaired) electrons. The summed E-state index contributed by atoms with van der Waals surface area (Å²) in [7, 11) is 0. The second-order valence-electron chi connectivity index (χ2n) is 4.27. The van der Waals surface area contributed by atoms with Gasteiger partial charge in [0.1, 0.15) is 5.54 Å². The molecule has 0 unspecified atom stereocenters. The Morgan fingerprint density at radius 2 is 1.79 bits per heavy atom. The smallest absolute Gasteiger partial charge is 0.422 e. The predicted molar refractivity (Wildman–Crippen MR) is 67.0 cm³/mol. The molecule has 7 heteroatoms. The van der Waals surface area contributed by atoms with Gasteiger partial charge in [0, 0.05) is 6.42 Å². The first-order valence-corrected chi connectivity index (χ1v) is 5.27. The van der Waals surface area contributed by atoms with E-state index in [0.29, 0.717) is 0 Å². The Labute approximate surface area is 115 Å². The highest BCUT2D eigenvalue weighted by molar-refractivity contribution is 5.85. The number of carbonyl (C=O) groups is 1. The lowest BCUT2D eigenvalue weighted by atomic mass is 9.94. The van der Waals surface area contributed by atoms with E-state index in [4.69, 9.17) is 5.73 Å². The van der Waals surface area contributed by atoms with Crippen LogP contribution in [0, 0.1) is 0 Å². The van der Waals surface area contributed by atoms with E-state index in [1.54, 1.807) is 30.3 Å². The van der Waals surface area contributed by atoms with Crippen molar-refractivity contribution in [3.63, 3.8) is 0 Å². The zero-order chi connectivity index (χ0) is 13.8. The van der Waals surface area contributed by atoms with Crippen LogP contribution in [0.25, 0.3) is 0 Å². The van der Waals surface area contributed by atoms with Crippen molar-refractivity contribution in [3.8, 4) is 0 Å². The number of hydrogen-bond acceptors (Lipinski definition) is 3. The van der Waals surface area contributed by atoms with Crippen molar-refractivity contribution >= 4 is 18.4 Å². The molecular formula is C12H15ClF3NO2. The SMILES string of the molecule is C[C@](N)(Cc1ccccc1)C(=O)OCC(F)(F)F.Cl. The molecule has 0 amide bonds. The highest BCUT2D eigenvalue weighted by atomic mass is 35.5. The summed E-state index contributed by atoms with van der Waals surface area (Å²) in [6.45, 7) is -0.272. The van der Waals surface area contributed by atoms with E-state index in [2.05, 4.69) is 4.74 Å². The van der Waals surface area contributed by atoms with E-state index in [9.17, 15) is 18.0 Å². The van der Waals surface area contributed by atoms with Gasteiger partial charge in [0.15, 0.2) is 6.61 Å². The van der Waals surface area contributed by atoms with E-state index in [-0.39, 0.29) is 18.8 Å². The number of carbonyl (C=O) groups excluding carboxylic acids is 1. The number of rotatable bonds is 4. The number of benzene rings is 1. The van der Waals surface area contributed by atoms with Gasteiger partial charge in [-0.3, -0.25) is 4.79 Å². The van der Waals surface area contributed by atoms with Gasteiger partial charge in [-0.25, -0.2) is 0 Å². The lowest BCUT2D eigenvalue weighted by Crippen LogP contribution is -2.48. The molecule has 1 atom stereocenters. The van der Waals surface area contributed by atoms with Crippen LogP contribution < -0.4 is 5.73 Å². The topological polar surface area (TPSA) is 52.3 Å². The fourth-order valence-corrected chi connectivity index (χ4v) is 1.40. The van der Waals surface area contributed by atoms with Gasteiger partial charge < -0.3 is 10.5 Å². The molecule has 0 bridgehead atoms. The van der Waals surface area contributed by atoms with Gasteiger partial charge in [0.2, 0.25) is 0 Å². The van der Waals surface area contributed by atoms with Gasteiger partial charge in [0.25, 0.3) is 0 Å². The maximum absolute atomic E-state index is 11.9. The zero-order valence-electron chi connectivity index (χ0n) is 10.2. The number of nitrogens with two attached hydrogens (primary N) is 1. The maximum Gasteiger partial charge on any atom is 0.422 e.